The standard InChI is InChI=1S/C16H20N2O2/c17-9-1-3-13-5-7-15(8-6-13)16(19)18-11-14-4-2-10-20-12-14/h5-8,14H,2,4,9-12,17H2,(H,18,19). The third-order valence-electron chi connectivity index (χ3n) is 3.29. The molecule has 1 amide bonds. The minimum absolute atomic E-state index is 0.0473. The lowest BCUT2D eigenvalue weighted by molar-refractivity contribution is 0.0536. The van der Waals surface area contributed by atoms with Gasteiger partial charge in [-0.3, -0.25) is 4.79 Å². The number of amides is 1. The van der Waals surface area contributed by atoms with Crippen molar-refractivity contribution in [2.75, 3.05) is 26.3 Å². The van der Waals surface area contributed by atoms with Crippen LogP contribution in [0.1, 0.15) is 28.8 Å². The van der Waals surface area contributed by atoms with E-state index in [0.29, 0.717) is 24.6 Å². The highest BCUT2D eigenvalue weighted by molar-refractivity contribution is 5.94. The summed E-state index contributed by atoms with van der Waals surface area (Å²) in [6, 6.07) is 7.24. The van der Waals surface area contributed by atoms with E-state index in [1.807, 2.05) is 12.1 Å². The molecule has 3 N–H and O–H groups in total. The highest BCUT2D eigenvalue weighted by Crippen LogP contribution is 2.12. The molecule has 1 atom stereocenters. The number of nitrogens with one attached hydrogen (secondary N) is 1. The Balaban J connectivity index is 1.85. The summed E-state index contributed by atoms with van der Waals surface area (Å²) < 4.78 is 5.40. The summed E-state index contributed by atoms with van der Waals surface area (Å²) in [5, 5.41) is 2.96. The van der Waals surface area contributed by atoms with Gasteiger partial charge in [0, 0.05) is 24.3 Å². The van der Waals surface area contributed by atoms with Crippen molar-refractivity contribution in [3.05, 3.63) is 35.4 Å². The fourth-order valence-corrected chi connectivity index (χ4v) is 2.17. The molecule has 1 aliphatic rings. The molecule has 1 unspecified atom stereocenters. The third kappa shape index (κ3) is 4.37. The number of nitrogens with two attached hydrogens (primary N) is 1. The minimum Gasteiger partial charge on any atom is -0.381 e. The van der Waals surface area contributed by atoms with Gasteiger partial charge in [-0.05, 0) is 43.0 Å². The first-order valence-corrected chi connectivity index (χ1v) is 6.94. The van der Waals surface area contributed by atoms with Gasteiger partial charge in [-0.1, -0.05) is 11.8 Å². The lowest BCUT2D eigenvalue weighted by Crippen LogP contribution is -2.33. The Morgan fingerprint density at radius 2 is 2.20 bits per heavy atom. The summed E-state index contributed by atoms with van der Waals surface area (Å²) in [6.07, 6.45) is 2.20. The maximum atomic E-state index is 12.0. The summed E-state index contributed by atoms with van der Waals surface area (Å²) in [5.41, 5.74) is 6.84. The first kappa shape index (κ1) is 14.6. The van der Waals surface area contributed by atoms with Gasteiger partial charge in [-0.2, -0.15) is 0 Å². The van der Waals surface area contributed by atoms with Crippen LogP contribution in [0.5, 0.6) is 0 Å². The minimum atomic E-state index is -0.0473. The Kier molecular flexibility index (Phi) is 5.60. The van der Waals surface area contributed by atoms with Gasteiger partial charge in [0.15, 0.2) is 0 Å². The lowest BCUT2D eigenvalue weighted by atomic mass is 10.0. The topological polar surface area (TPSA) is 64.4 Å². The van der Waals surface area contributed by atoms with E-state index < -0.39 is 0 Å². The van der Waals surface area contributed by atoms with Gasteiger partial charge in [0.25, 0.3) is 5.91 Å². The van der Waals surface area contributed by atoms with E-state index >= 15 is 0 Å². The molecule has 0 aromatic heterocycles. The second-order valence-corrected chi connectivity index (χ2v) is 4.88. The monoisotopic (exact) mass is 272 g/mol. The van der Waals surface area contributed by atoms with E-state index in [2.05, 4.69) is 17.2 Å². The predicted octanol–water partition coefficient (Wildman–Crippen LogP) is 1.15. The Morgan fingerprint density at radius 3 is 2.85 bits per heavy atom. The van der Waals surface area contributed by atoms with Crippen LogP contribution >= 0.6 is 0 Å². The van der Waals surface area contributed by atoms with E-state index in [4.69, 9.17) is 10.5 Å². The molecule has 20 heavy (non-hydrogen) atoms. The molecule has 106 valence electrons. The molecule has 1 aromatic carbocycles. The fraction of sp³-hybridized carbons (Fsp3) is 0.438. The number of ether oxygens (including phenoxy) is 1. The molecular weight excluding hydrogens is 252 g/mol. The Hall–Kier alpha value is -1.83. The van der Waals surface area contributed by atoms with Crippen molar-refractivity contribution in [1.82, 2.24) is 5.32 Å². The van der Waals surface area contributed by atoms with Crippen molar-refractivity contribution >= 4 is 5.91 Å². The third-order valence-corrected chi connectivity index (χ3v) is 3.29. The van der Waals surface area contributed by atoms with Crippen LogP contribution in [-0.4, -0.2) is 32.2 Å². The molecular formula is C16H20N2O2. The van der Waals surface area contributed by atoms with Gasteiger partial charge in [0.2, 0.25) is 0 Å². The van der Waals surface area contributed by atoms with Gasteiger partial charge in [-0.25, -0.2) is 0 Å². The molecule has 0 saturated carbocycles. The van der Waals surface area contributed by atoms with Gasteiger partial charge in [-0.15, -0.1) is 0 Å². The Morgan fingerprint density at radius 1 is 1.40 bits per heavy atom. The molecule has 4 nitrogen and oxygen atoms in total. The molecule has 0 bridgehead atoms. The highest BCUT2D eigenvalue weighted by Gasteiger charge is 2.15. The first-order valence-electron chi connectivity index (χ1n) is 6.94. The van der Waals surface area contributed by atoms with Crippen molar-refractivity contribution in [3.63, 3.8) is 0 Å². The molecule has 1 heterocycles. The summed E-state index contributed by atoms with van der Waals surface area (Å²) in [6.45, 7) is 2.60. The summed E-state index contributed by atoms with van der Waals surface area (Å²) >= 11 is 0. The predicted molar refractivity (Wildman–Crippen MR) is 78.3 cm³/mol. The molecule has 1 fully saturated rings. The first-order chi connectivity index (χ1) is 9.79. The van der Waals surface area contributed by atoms with Crippen molar-refractivity contribution < 1.29 is 9.53 Å². The number of hydrogen-bond acceptors (Lipinski definition) is 3. The maximum absolute atomic E-state index is 12.0. The average molecular weight is 272 g/mol. The van der Waals surface area contributed by atoms with Crippen LogP contribution in [0.2, 0.25) is 0 Å². The zero-order valence-electron chi connectivity index (χ0n) is 11.5. The van der Waals surface area contributed by atoms with E-state index in [1.54, 1.807) is 12.1 Å². The van der Waals surface area contributed by atoms with E-state index in [0.717, 1.165) is 31.6 Å². The van der Waals surface area contributed by atoms with Crippen molar-refractivity contribution in [2.45, 2.75) is 12.8 Å². The number of benzene rings is 1. The molecule has 0 aliphatic carbocycles. The molecule has 0 spiro atoms. The summed E-state index contributed by atoms with van der Waals surface area (Å²) in [4.78, 5) is 12.0. The quantitative estimate of drug-likeness (QED) is 0.811. The highest BCUT2D eigenvalue weighted by atomic mass is 16.5. The van der Waals surface area contributed by atoms with Crippen molar-refractivity contribution in [1.29, 1.82) is 0 Å². The van der Waals surface area contributed by atoms with Crippen LogP contribution in [0.15, 0.2) is 24.3 Å². The van der Waals surface area contributed by atoms with E-state index in [-0.39, 0.29) is 5.91 Å². The lowest BCUT2D eigenvalue weighted by Gasteiger charge is -2.22. The Labute approximate surface area is 119 Å². The number of carbonyl (C=O) groups is 1. The van der Waals surface area contributed by atoms with E-state index in [1.165, 1.54) is 0 Å². The van der Waals surface area contributed by atoms with Crippen molar-refractivity contribution in [2.24, 2.45) is 11.7 Å². The van der Waals surface area contributed by atoms with Gasteiger partial charge < -0.3 is 15.8 Å². The summed E-state index contributed by atoms with van der Waals surface area (Å²) in [5.74, 6) is 6.10. The van der Waals surface area contributed by atoms with Crippen LogP contribution < -0.4 is 11.1 Å². The second kappa shape index (κ2) is 7.68. The fourth-order valence-electron chi connectivity index (χ4n) is 2.17. The smallest absolute Gasteiger partial charge is 0.251 e. The van der Waals surface area contributed by atoms with Crippen LogP contribution in [-0.2, 0) is 4.74 Å². The Bertz CT molecular complexity index is 493. The number of carbonyl (C=O) groups excluding carboxylic acids is 1. The van der Waals surface area contributed by atoms with Crippen LogP contribution in [0, 0.1) is 17.8 Å². The largest absolute Gasteiger partial charge is 0.381 e. The number of rotatable bonds is 3. The molecule has 2 rings (SSSR count). The SMILES string of the molecule is NCC#Cc1ccc(C(=O)NCC2CCCOC2)cc1. The molecule has 1 saturated heterocycles. The second-order valence-electron chi connectivity index (χ2n) is 4.88. The number of hydrogen-bond donors (Lipinski definition) is 2. The van der Waals surface area contributed by atoms with Gasteiger partial charge in [0.05, 0.1) is 13.2 Å². The van der Waals surface area contributed by atoms with Crippen molar-refractivity contribution in [3.8, 4) is 11.8 Å². The van der Waals surface area contributed by atoms with E-state index in [9.17, 15) is 4.79 Å². The zero-order chi connectivity index (χ0) is 14.2. The normalized spacial score (nSPS) is 17.9. The average Bonchev–Trinajstić information content (AvgIpc) is 2.52. The van der Waals surface area contributed by atoms with Crippen LogP contribution in [0.4, 0.5) is 0 Å². The van der Waals surface area contributed by atoms with Gasteiger partial charge in [0.1, 0.15) is 0 Å². The molecule has 4 heteroatoms. The zero-order valence-corrected chi connectivity index (χ0v) is 11.5. The van der Waals surface area contributed by atoms with Crippen LogP contribution in [0.3, 0.4) is 0 Å². The van der Waals surface area contributed by atoms with Gasteiger partial charge >= 0.3 is 0 Å². The molecule has 1 aromatic rings. The molecule has 0 radical (unpaired) electrons. The van der Waals surface area contributed by atoms with Crippen LogP contribution in [0.25, 0.3) is 0 Å². The summed E-state index contributed by atoms with van der Waals surface area (Å²) in [7, 11) is 0. The maximum Gasteiger partial charge on any atom is 0.251 e. The molecule has 1 aliphatic heterocycles.